The zero-order valence-corrected chi connectivity index (χ0v) is 17.3. The molecule has 30 heavy (non-hydrogen) atoms. The summed E-state index contributed by atoms with van der Waals surface area (Å²) in [6.07, 6.45) is 0. The molecule has 152 valence electrons. The van der Waals surface area contributed by atoms with Crippen LogP contribution in [-0.4, -0.2) is 23.4 Å². The first-order valence-electron chi connectivity index (χ1n) is 9.95. The molecule has 6 nitrogen and oxygen atoms in total. The van der Waals surface area contributed by atoms with Crippen molar-refractivity contribution in [2.75, 3.05) is 9.80 Å². The molecule has 4 rings (SSSR count). The summed E-state index contributed by atoms with van der Waals surface area (Å²) < 4.78 is 0. The Labute approximate surface area is 174 Å². The van der Waals surface area contributed by atoms with Crippen molar-refractivity contribution in [2.24, 2.45) is 11.8 Å². The number of nitrogens with zero attached hydrogens (tertiary/aromatic N) is 2. The Bertz CT molecular complexity index is 1050. The standard InChI is InChI=1S/C24H22N2O4/c1-13(2)23(29)25-17-11-7-5-9-15(17)21(27)19(25)20-22(28)16-10-6-8-12-18(16)26(20)24(30)14(3)4/h5-14H,1-4H3/b20-19+. The van der Waals surface area contributed by atoms with E-state index >= 15 is 0 Å². The fourth-order valence-electron chi connectivity index (χ4n) is 3.82. The second kappa shape index (κ2) is 7.06. The predicted octanol–water partition coefficient (Wildman–Crippen LogP) is 3.97. The molecule has 0 fully saturated rings. The van der Waals surface area contributed by atoms with Crippen LogP contribution in [0.15, 0.2) is 59.9 Å². The number of fused-ring (bicyclic) bond motifs is 2. The fourth-order valence-corrected chi connectivity index (χ4v) is 3.82. The van der Waals surface area contributed by atoms with Crippen LogP contribution in [0, 0.1) is 11.8 Å². The Morgan fingerprint density at radius 3 is 1.30 bits per heavy atom. The van der Waals surface area contributed by atoms with Crippen LogP contribution in [0.3, 0.4) is 0 Å². The van der Waals surface area contributed by atoms with Crippen molar-refractivity contribution in [1.29, 1.82) is 0 Å². The van der Waals surface area contributed by atoms with Crippen LogP contribution in [-0.2, 0) is 9.59 Å². The molecule has 2 aromatic rings. The molecule has 0 saturated heterocycles. The highest BCUT2D eigenvalue weighted by Gasteiger charge is 2.46. The summed E-state index contributed by atoms with van der Waals surface area (Å²) in [5.41, 5.74) is 1.45. The van der Waals surface area contributed by atoms with Crippen LogP contribution in [0.2, 0.25) is 0 Å². The van der Waals surface area contributed by atoms with Gasteiger partial charge < -0.3 is 0 Å². The van der Waals surface area contributed by atoms with Gasteiger partial charge in [-0.2, -0.15) is 0 Å². The molecule has 2 aromatic carbocycles. The van der Waals surface area contributed by atoms with Gasteiger partial charge in [-0.25, -0.2) is 0 Å². The van der Waals surface area contributed by atoms with Crippen LogP contribution in [0.25, 0.3) is 0 Å². The second-order valence-corrected chi connectivity index (χ2v) is 8.05. The number of para-hydroxylation sites is 2. The molecule has 2 aliphatic heterocycles. The number of rotatable bonds is 2. The first-order chi connectivity index (χ1) is 14.3. The van der Waals surface area contributed by atoms with E-state index in [1.54, 1.807) is 76.2 Å². The van der Waals surface area contributed by atoms with E-state index in [2.05, 4.69) is 0 Å². The van der Waals surface area contributed by atoms with Crippen LogP contribution in [0.1, 0.15) is 48.4 Å². The van der Waals surface area contributed by atoms with E-state index in [-0.39, 0.29) is 23.2 Å². The van der Waals surface area contributed by atoms with Crippen LogP contribution in [0.5, 0.6) is 0 Å². The number of anilines is 2. The van der Waals surface area contributed by atoms with E-state index < -0.39 is 23.4 Å². The average molecular weight is 402 g/mol. The SMILES string of the molecule is CC(C)C(=O)N1/C(=C2\C(=O)c3ccccc3N2C(=O)C(C)C)C(=O)c2ccccc21. The Balaban J connectivity index is 2.04. The van der Waals surface area contributed by atoms with Gasteiger partial charge in [0, 0.05) is 23.0 Å². The van der Waals surface area contributed by atoms with Crippen molar-refractivity contribution in [3.8, 4) is 0 Å². The number of carbonyl (C=O) groups is 4. The summed E-state index contributed by atoms with van der Waals surface area (Å²) in [5.74, 6) is -2.30. The molecule has 6 heteroatoms. The Morgan fingerprint density at radius 2 is 0.967 bits per heavy atom. The molecule has 0 radical (unpaired) electrons. The van der Waals surface area contributed by atoms with Crippen molar-refractivity contribution in [1.82, 2.24) is 0 Å². The van der Waals surface area contributed by atoms with Gasteiger partial charge in [-0.3, -0.25) is 29.0 Å². The lowest BCUT2D eigenvalue weighted by Crippen LogP contribution is -2.39. The third-order valence-corrected chi connectivity index (χ3v) is 5.31. The highest BCUT2D eigenvalue weighted by molar-refractivity contribution is 6.34. The highest BCUT2D eigenvalue weighted by atomic mass is 16.2. The molecular formula is C24H22N2O4. The lowest BCUT2D eigenvalue weighted by atomic mass is 10.1. The first kappa shape index (κ1) is 19.8. The minimum Gasteiger partial charge on any atom is -0.287 e. The highest BCUT2D eigenvalue weighted by Crippen LogP contribution is 2.43. The van der Waals surface area contributed by atoms with Gasteiger partial charge in [0.05, 0.1) is 11.4 Å². The normalized spacial score (nSPS) is 17.8. The van der Waals surface area contributed by atoms with Crippen LogP contribution in [0.4, 0.5) is 11.4 Å². The van der Waals surface area contributed by atoms with Gasteiger partial charge in [-0.1, -0.05) is 52.0 Å². The molecule has 0 aliphatic carbocycles. The van der Waals surface area contributed by atoms with E-state index in [0.29, 0.717) is 22.5 Å². The third-order valence-electron chi connectivity index (χ3n) is 5.31. The van der Waals surface area contributed by atoms with Crippen molar-refractivity contribution in [3.63, 3.8) is 0 Å². The number of hydrogen-bond donors (Lipinski definition) is 0. The van der Waals surface area contributed by atoms with Gasteiger partial charge in [0.1, 0.15) is 11.4 Å². The number of hydrogen-bond acceptors (Lipinski definition) is 4. The quantitative estimate of drug-likeness (QED) is 0.713. The summed E-state index contributed by atoms with van der Waals surface area (Å²) in [7, 11) is 0. The molecule has 0 spiro atoms. The maximum absolute atomic E-state index is 13.4. The van der Waals surface area contributed by atoms with Gasteiger partial charge in [-0.15, -0.1) is 0 Å². The van der Waals surface area contributed by atoms with E-state index in [4.69, 9.17) is 0 Å². The van der Waals surface area contributed by atoms with Gasteiger partial charge in [0.15, 0.2) is 0 Å². The summed E-state index contributed by atoms with van der Waals surface area (Å²) in [5, 5.41) is 0. The minimum absolute atomic E-state index is 0.0508. The number of carbonyl (C=O) groups excluding carboxylic acids is 4. The monoisotopic (exact) mass is 402 g/mol. The Hall–Kier alpha value is -3.54. The number of Topliss-reactive ketones (excluding diaryl/α,β-unsaturated/α-hetero) is 2. The maximum atomic E-state index is 13.4. The van der Waals surface area contributed by atoms with Crippen molar-refractivity contribution >= 4 is 34.8 Å². The van der Waals surface area contributed by atoms with Gasteiger partial charge in [-0.05, 0) is 24.3 Å². The predicted molar refractivity (Wildman–Crippen MR) is 113 cm³/mol. The summed E-state index contributed by atoms with van der Waals surface area (Å²) in [6.45, 7) is 6.94. The molecular weight excluding hydrogens is 380 g/mol. The molecule has 2 heterocycles. The van der Waals surface area contributed by atoms with E-state index in [1.807, 2.05) is 0 Å². The number of ketones is 2. The number of allylic oxidation sites excluding steroid dienone is 2. The smallest absolute Gasteiger partial charge is 0.234 e. The lowest BCUT2D eigenvalue weighted by molar-refractivity contribution is -0.121. The molecule has 0 saturated carbocycles. The molecule has 0 atom stereocenters. The average Bonchev–Trinajstić information content (AvgIpc) is 3.18. The number of amides is 2. The maximum Gasteiger partial charge on any atom is 0.234 e. The molecule has 0 aromatic heterocycles. The van der Waals surface area contributed by atoms with Gasteiger partial charge in [0.2, 0.25) is 23.4 Å². The Morgan fingerprint density at radius 1 is 0.633 bits per heavy atom. The Kier molecular flexibility index (Phi) is 4.65. The minimum atomic E-state index is -0.433. The zero-order chi connectivity index (χ0) is 21.7. The van der Waals surface area contributed by atoms with Crippen molar-refractivity contribution in [3.05, 3.63) is 71.1 Å². The summed E-state index contributed by atoms with van der Waals surface area (Å²) >= 11 is 0. The van der Waals surface area contributed by atoms with Crippen molar-refractivity contribution in [2.45, 2.75) is 27.7 Å². The van der Waals surface area contributed by atoms with E-state index in [9.17, 15) is 19.2 Å². The first-order valence-corrected chi connectivity index (χ1v) is 9.95. The number of benzene rings is 2. The van der Waals surface area contributed by atoms with E-state index in [1.165, 1.54) is 9.80 Å². The molecule has 2 amide bonds. The van der Waals surface area contributed by atoms with Gasteiger partial charge >= 0.3 is 0 Å². The molecule has 0 unspecified atom stereocenters. The molecule has 0 bridgehead atoms. The topological polar surface area (TPSA) is 74.8 Å². The molecule has 2 aliphatic rings. The van der Waals surface area contributed by atoms with Gasteiger partial charge in [0.25, 0.3) is 0 Å². The fraction of sp³-hybridized carbons (Fsp3) is 0.250. The van der Waals surface area contributed by atoms with E-state index in [0.717, 1.165) is 0 Å². The lowest BCUT2D eigenvalue weighted by Gasteiger charge is -2.26. The zero-order valence-electron chi connectivity index (χ0n) is 17.3. The summed E-state index contributed by atoms with van der Waals surface area (Å²) in [4.78, 5) is 55.7. The molecule has 0 N–H and O–H groups in total. The second-order valence-electron chi connectivity index (χ2n) is 8.05. The third kappa shape index (κ3) is 2.71. The van der Waals surface area contributed by atoms with Crippen LogP contribution < -0.4 is 9.80 Å². The largest absolute Gasteiger partial charge is 0.287 e. The summed E-state index contributed by atoms with van der Waals surface area (Å²) in [6, 6.07) is 13.5. The van der Waals surface area contributed by atoms with Crippen molar-refractivity contribution < 1.29 is 19.2 Å². The van der Waals surface area contributed by atoms with Crippen LogP contribution >= 0.6 is 0 Å².